The molecule has 0 bridgehead atoms. The topological polar surface area (TPSA) is 46.6 Å². The highest BCUT2D eigenvalue weighted by molar-refractivity contribution is 7.80. The van der Waals surface area contributed by atoms with Gasteiger partial charge in [-0.05, 0) is 18.6 Å². The van der Waals surface area contributed by atoms with Crippen molar-refractivity contribution in [2.45, 2.75) is 32.1 Å². The van der Waals surface area contributed by atoms with Gasteiger partial charge in [0, 0.05) is 19.4 Å². The number of amides is 2. The summed E-state index contributed by atoms with van der Waals surface area (Å²) in [6.45, 7) is 1.56. The van der Waals surface area contributed by atoms with E-state index in [9.17, 15) is 9.59 Å². The van der Waals surface area contributed by atoms with E-state index in [2.05, 4.69) is 12.6 Å². The average molecular weight is 245 g/mol. The van der Waals surface area contributed by atoms with Crippen LogP contribution in [0.1, 0.15) is 32.1 Å². The zero-order valence-corrected chi connectivity index (χ0v) is 10.4. The van der Waals surface area contributed by atoms with Crippen LogP contribution in [-0.2, 0) is 14.3 Å². The summed E-state index contributed by atoms with van der Waals surface area (Å²) in [4.78, 5) is 23.8. The Bertz CT molecular complexity index is 229. The lowest BCUT2D eigenvalue weighted by atomic mass is 10.3. The largest absolute Gasteiger partial charge is 0.380 e. The highest BCUT2D eigenvalue weighted by Crippen LogP contribution is 2.10. The number of hydrogen-bond acceptors (Lipinski definition) is 4. The zero-order valence-electron chi connectivity index (χ0n) is 9.48. The van der Waals surface area contributed by atoms with Crippen molar-refractivity contribution in [3.05, 3.63) is 0 Å². The summed E-state index contributed by atoms with van der Waals surface area (Å²) in [6, 6.07) is 0. The van der Waals surface area contributed by atoms with Crippen molar-refractivity contribution in [3.63, 3.8) is 0 Å². The summed E-state index contributed by atoms with van der Waals surface area (Å²) in [6.07, 6.45) is 3.96. The minimum absolute atomic E-state index is 0.0660. The van der Waals surface area contributed by atoms with E-state index in [1.165, 1.54) is 4.90 Å². The molecule has 0 atom stereocenters. The van der Waals surface area contributed by atoms with E-state index < -0.39 is 0 Å². The summed E-state index contributed by atoms with van der Waals surface area (Å²) in [5, 5.41) is 0. The lowest BCUT2D eigenvalue weighted by Crippen LogP contribution is -2.32. The summed E-state index contributed by atoms with van der Waals surface area (Å²) in [5.74, 6) is 0.781. The molecule has 4 nitrogen and oxygen atoms in total. The Morgan fingerprint density at radius 1 is 1.06 bits per heavy atom. The molecule has 1 saturated heterocycles. The molecule has 16 heavy (non-hydrogen) atoms. The molecule has 1 fully saturated rings. The Labute approximate surface area is 102 Å². The van der Waals surface area contributed by atoms with Crippen molar-refractivity contribution in [3.8, 4) is 0 Å². The monoisotopic (exact) mass is 245 g/mol. The Hall–Kier alpha value is -0.550. The molecule has 0 unspecified atom stereocenters. The molecule has 0 saturated carbocycles. The fourth-order valence-corrected chi connectivity index (χ4v) is 1.85. The van der Waals surface area contributed by atoms with Crippen LogP contribution in [-0.4, -0.2) is 42.2 Å². The number of likely N-dealkylation sites (tertiary alicyclic amines) is 1. The first-order valence-corrected chi connectivity index (χ1v) is 6.40. The molecule has 92 valence electrons. The number of rotatable bonds is 8. The van der Waals surface area contributed by atoms with E-state index in [1.807, 2.05) is 0 Å². The predicted octanol–water partition coefficient (Wildman–Crippen LogP) is 1.25. The van der Waals surface area contributed by atoms with Crippen LogP contribution in [0.2, 0.25) is 0 Å². The summed E-state index contributed by atoms with van der Waals surface area (Å²) >= 11 is 4.12. The molecule has 0 radical (unpaired) electrons. The second-order valence-electron chi connectivity index (χ2n) is 3.84. The zero-order chi connectivity index (χ0) is 11.8. The SMILES string of the molecule is O=C1CCC(=O)N1CCOCCCCCS. The lowest BCUT2D eigenvalue weighted by molar-refractivity contribution is -0.139. The van der Waals surface area contributed by atoms with E-state index in [-0.39, 0.29) is 11.8 Å². The number of carbonyl (C=O) groups is 2. The first-order valence-electron chi connectivity index (χ1n) is 5.77. The minimum Gasteiger partial charge on any atom is -0.380 e. The number of unbranched alkanes of at least 4 members (excludes halogenated alkanes) is 2. The highest BCUT2D eigenvalue weighted by Gasteiger charge is 2.27. The third-order valence-corrected chi connectivity index (χ3v) is 2.88. The number of hydrogen-bond donors (Lipinski definition) is 1. The molecule has 0 aliphatic carbocycles. The number of imide groups is 1. The van der Waals surface area contributed by atoms with Gasteiger partial charge in [-0.15, -0.1) is 0 Å². The van der Waals surface area contributed by atoms with Gasteiger partial charge in [-0.1, -0.05) is 6.42 Å². The van der Waals surface area contributed by atoms with Crippen LogP contribution in [0.25, 0.3) is 0 Å². The molecule has 1 heterocycles. The van der Waals surface area contributed by atoms with Crippen molar-refractivity contribution in [1.82, 2.24) is 4.90 Å². The molecule has 1 rings (SSSR count). The predicted molar refractivity (Wildman–Crippen MR) is 64.5 cm³/mol. The second kappa shape index (κ2) is 7.68. The number of ether oxygens (including phenoxy) is 1. The van der Waals surface area contributed by atoms with Crippen LogP contribution in [0.3, 0.4) is 0 Å². The highest BCUT2D eigenvalue weighted by atomic mass is 32.1. The van der Waals surface area contributed by atoms with E-state index in [0.29, 0.717) is 32.6 Å². The maximum absolute atomic E-state index is 11.2. The van der Waals surface area contributed by atoms with E-state index in [0.717, 1.165) is 25.0 Å². The lowest BCUT2D eigenvalue weighted by Gasteiger charge is -2.13. The fourth-order valence-electron chi connectivity index (χ4n) is 1.62. The summed E-state index contributed by atoms with van der Waals surface area (Å²) in [5.41, 5.74) is 0. The van der Waals surface area contributed by atoms with Gasteiger partial charge in [-0.3, -0.25) is 14.5 Å². The van der Waals surface area contributed by atoms with Gasteiger partial charge in [0.05, 0.1) is 13.2 Å². The van der Waals surface area contributed by atoms with Gasteiger partial charge in [0.25, 0.3) is 0 Å². The van der Waals surface area contributed by atoms with Crippen LogP contribution in [0.4, 0.5) is 0 Å². The van der Waals surface area contributed by atoms with Gasteiger partial charge in [0.2, 0.25) is 11.8 Å². The van der Waals surface area contributed by atoms with Crippen LogP contribution in [0.15, 0.2) is 0 Å². The third kappa shape index (κ3) is 4.53. The van der Waals surface area contributed by atoms with Crippen LogP contribution in [0, 0.1) is 0 Å². The Kier molecular flexibility index (Phi) is 6.49. The second-order valence-corrected chi connectivity index (χ2v) is 4.28. The molecule has 0 spiro atoms. The molecule has 0 aromatic rings. The molecular weight excluding hydrogens is 226 g/mol. The molecule has 5 heteroatoms. The van der Waals surface area contributed by atoms with Gasteiger partial charge in [-0.2, -0.15) is 12.6 Å². The molecule has 0 aromatic heterocycles. The number of nitrogens with zero attached hydrogens (tertiary/aromatic N) is 1. The van der Waals surface area contributed by atoms with Gasteiger partial charge in [0.15, 0.2) is 0 Å². The summed E-state index contributed by atoms with van der Waals surface area (Å²) < 4.78 is 5.37. The van der Waals surface area contributed by atoms with Crippen molar-refractivity contribution in [2.75, 3.05) is 25.5 Å². The summed E-state index contributed by atoms with van der Waals surface area (Å²) in [7, 11) is 0. The van der Waals surface area contributed by atoms with Crippen molar-refractivity contribution in [2.24, 2.45) is 0 Å². The molecule has 2 amide bonds. The molecule has 1 aliphatic rings. The smallest absolute Gasteiger partial charge is 0.229 e. The van der Waals surface area contributed by atoms with E-state index >= 15 is 0 Å². The Morgan fingerprint density at radius 2 is 1.75 bits per heavy atom. The van der Waals surface area contributed by atoms with Crippen molar-refractivity contribution >= 4 is 24.4 Å². The molecular formula is C11H19NO3S. The fraction of sp³-hybridized carbons (Fsp3) is 0.818. The normalized spacial score (nSPS) is 16.2. The maximum Gasteiger partial charge on any atom is 0.229 e. The van der Waals surface area contributed by atoms with Crippen molar-refractivity contribution < 1.29 is 14.3 Å². The first kappa shape index (κ1) is 13.5. The average Bonchev–Trinajstić information content (AvgIpc) is 2.59. The quantitative estimate of drug-likeness (QED) is 0.398. The van der Waals surface area contributed by atoms with E-state index in [1.54, 1.807) is 0 Å². The molecule has 0 N–H and O–H groups in total. The van der Waals surface area contributed by atoms with Crippen LogP contribution in [0.5, 0.6) is 0 Å². The molecule has 0 aromatic carbocycles. The number of thiol groups is 1. The van der Waals surface area contributed by atoms with Gasteiger partial charge in [-0.25, -0.2) is 0 Å². The van der Waals surface area contributed by atoms with Crippen LogP contribution >= 0.6 is 12.6 Å². The minimum atomic E-state index is -0.0660. The third-order valence-electron chi connectivity index (χ3n) is 2.56. The maximum atomic E-state index is 11.2. The first-order chi connectivity index (χ1) is 7.75. The molecule has 1 aliphatic heterocycles. The number of carbonyl (C=O) groups excluding carboxylic acids is 2. The standard InChI is InChI=1S/C11H19NO3S/c13-10-4-5-11(14)12(10)6-8-15-7-2-1-3-9-16/h16H,1-9H2. The Morgan fingerprint density at radius 3 is 2.38 bits per heavy atom. The van der Waals surface area contributed by atoms with Gasteiger partial charge in [0.1, 0.15) is 0 Å². The van der Waals surface area contributed by atoms with Crippen LogP contribution < -0.4 is 0 Å². The van der Waals surface area contributed by atoms with E-state index in [4.69, 9.17) is 4.74 Å². The van der Waals surface area contributed by atoms with Gasteiger partial charge < -0.3 is 4.74 Å². The van der Waals surface area contributed by atoms with Gasteiger partial charge >= 0.3 is 0 Å². The van der Waals surface area contributed by atoms with Crippen molar-refractivity contribution in [1.29, 1.82) is 0 Å². The Balaban J connectivity index is 1.98.